The van der Waals surface area contributed by atoms with Crippen LogP contribution in [0.5, 0.6) is 0 Å². The van der Waals surface area contributed by atoms with Gasteiger partial charge in [-0.05, 0) is 33.9 Å². The van der Waals surface area contributed by atoms with E-state index >= 15 is 0 Å². The first-order chi connectivity index (χ1) is 12.4. The lowest BCUT2D eigenvalue weighted by Crippen LogP contribution is -2.47. The fraction of sp³-hybridized carbons (Fsp3) is 0.261. The Labute approximate surface area is 149 Å². The van der Waals surface area contributed by atoms with E-state index in [1.54, 1.807) is 0 Å². The molecule has 1 heterocycles. The lowest BCUT2D eigenvalue weighted by Gasteiger charge is -2.38. The molecule has 0 saturated carbocycles. The Morgan fingerprint density at radius 1 is 0.720 bits per heavy atom. The van der Waals surface area contributed by atoms with Crippen LogP contribution in [0.1, 0.15) is 16.7 Å². The van der Waals surface area contributed by atoms with Crippen molar-refractivity contribution in [3.8, 4) is 0 Å². The van der Waals surface area contributed by atoms with Crippen LogP contribution in [-0.2, 0) is 13.0 Å². The van der Waals surface area contributed by atoms with E-state index in [4.69, 9.17) is 0 Å². The maximum absolute atomic E-state index is 2.62. The highest BCUT2D eigenvalue weighted by atomic mass is 15.3. The maximum Gasteiger partial charge on any atom is 0.0740 e. The Hall–Kier alpha value is -2.16. The minimum atomic E-state index is 1.07. The van der Waals surface area contributed by atoms with Crippen LogP contribution in [0, 0.1) is 6.04 Å². The number of rotatable bonds is 3. The van der Waals surface area contributed by atoms with Gasteiger partial charge in [0.2, 0.25) is 0 Å². The minimum absolute atomic E-state index is 1.07. The molecule has 0 N–H and O–H groups in total. The average molecular weight is 327 g/mol. The van der Waals surface area contributed by atoms with Gasteiger partial charge in [-0.15, -0.1) is 0 Å². The van der Waals surface area contributed by atoms with E-state index in [1.165, 1.54) is 33.5 Å². The van der Waals surface area contributed by atoms with Crippen molar-refractivity contribution >= 4 is 10.8 Å². The minimum Gasteiger partial charge on any atom is -0.297 e. The van der Waals surface area contributed by atoms with Gasteiger partial charge in [0.05, 0.1) is 6.04 Å². The summed E-state index contributed by atoms with van der Waals surface area (Å²) in [4.78, 5) is 5.20. The molecule has 3 aromatic rings. The van der Waals surface area contributed by atoms with Crippen molar-refractivity contribution in [2.24, 2.45) is 0 Å². The van der Waals surface area contributed by atoms with Gasteiger partial charge < -0.3 is 0 Å². The van der Waals surface area contributed by atoms with E-state index < -0.39 is 0 Å². The maximum atomic E-state index is 2.62. The zero-order chi connectivity index (χ0) is 16.6. The molecule has 0 bridgehead atoms. The predicted octanol–water partition coefficient (Wildman–Crippen LogP) is 4.09. The highest BCUT2D eigenvalue weighted by Crippen LogP contribution is 2.39. The van der Waals surface area contributed by atoms with Crippen molar-refractivity contribution in [3.05, 3.63) is 89.5 Å². The molecule has 1 aliphatic heterocycles. The SMILES string of the molecule is c1ccc(CN2CCN([C]3Cc4cccc5cccc3c45)CC2)cc1. The topological polar surface area (TPSA) is 6.48 Å². The first-order valence-corrected chi connectivity index (χ1v) is 9.26. The number of piperazine rings is 1. The van der Waals surface area contributed by atoms with E-state index in [9.17, 15) is 0 Å². The standard InChI is InChI=1S/C23H23N2/c1-2-6-18(7-3-1)17-24-12-14-25(15-13-24)22-16-20-10-4-8-19-9-5-11-21(22)23(19)20/h1-11H,12-17H2. The fourth-order valence-electron chi connectivity index (χ4n) is 4.38. The van der Waals surface area contributed by atoms with Gasteiger partial charge >= 0.3 is 0 Å². The van der Waals surface area contributed by atoms with E-state index in [-0.39, 0.29) is 0 Å². The summed E-state index contributed by atoms with van der Waals surface area (Å²) in [5.41, 5.74) is 4.38. The van der Waals surface area contributed by atoms with Gasteiger partial charge in [-0.3, -0.25) is 9.80 Å². The molecule has 0 spiro atoms. The van der Waals surface area contributed by atoms with E-state index in [0.29, 0.717) is 0 Å². The zero-order valence-electron chi connectivity index (χ0n) is 14.5. The number of hydrogen-bond donors (Lipinski definition) is 0. The normalized spacial score (nSPS) is 18.9. The molecule has 0 unspecified atom stereocenters. The molecule has 2 aliphatic rings. The molecule has 0 amide bonds. The molecule has 3 aromatic carbocycles. The van der Waals surface area contributed by atoms with Crippen molar-refractivity contribution < 1.29 is 0 Å². The van der Waals surface area contributed by atoms with Crippen LogP contribution in [0.15, 0.2) is 66.7 Å². The Morgan fingerprint density at radius 2 is 1.48 bits per heavy atom. The molecule has 1 saturated heterocycles. The molecule has 125 valence electrons. The van der Waals surface area contributed by atoms with Crippen LogP contribution in [0.2, 0.25) is 0 Å². The summed E-state index contributed by atoms with van der Waals surface area (Å²) in [6, 6.07) is 25.9. The van der Waals surface area contributed by atoms with Crippen LogP contribution in [0.4, 0.5) is 0 Å². The van der Waals surface area contributed by atoms with E-state index in [1.807, 2.05) is 0 Å². The van der Waals surface area contributed by atoms with Crippen LogP contribution >= 0.6 is 0 Å². The summed E-state index contributed by atoms with van der Waals surface area (Å²) < 4.78 is 0. The molecule has 1 aliphatic carbocycles. The molecule has 1 fully saturated rings. The summed E-state index contributed by atoms with van der Waals surface area (Å²) in [6.45, 7) is 5.62. The van der Waals surface area contributed by atoms with E-state index in [2.05, 4.69) is 76.5 Å². The monoisotopic (exact) mass is 327 g/mol. The largest absolute Gasteiger partial charge is 0.297 e. The molecule has 0 atom stereocenters. The highest BCUT2D eigenvalue weighted by Gasteiger charge is 2.31. The molecule has 1 radical (unpaired) electrons. The number of benzene rings is 3. The predicted molar refractivity (Wildman–Crippen MR) is 103 cm³/mol. The van der Waals surface area contributed by atoms with Crippen LogP contribution in [0.3, 0.4) is 0 Å². The zero-order valence-corrected chi connectivity index (χ0v) is 14.5. The Bertz CT molecular complexity index is 874. The summed E-state index contributed by atoms with van der Waals surface area (Å²) in [7, 11) is 0. The van der Waals surface area contributed by atoms with Crippen molar-refractivity contribution in [2.75, 3.05) is 26.2 Å². The second kappa shape index (κ2) is 6.29. The quantitative estimate of drug-likeness (QED) is 0.715. The first-order valence-electron chi connectivity index (χ1n) is 9.26. The second-order valence-electron chi connectivity index (χ2n) is 7.19. The Balaban J connectivity index is 1.30. The van der Waals surface area contributed by atoms with Gasteiger partial charge in [0, 0.05) is 32.7 Å². The van der Waals surface area contributed by atoms with Crippen LogP contribution < -0.4 is 0 Å². The molecule has 2 heteroatoms. The Morgan fingerprint density at radius 3 is 2.28 bits per heavy atom. The molecule has 5 rings (SSSR count). The third-order valence-electron chi connectivity index (χ3n) is 5.66. The highest BCUT2D eigenvalue weighted by molar-refractivity contribution is 5.93. The number of nitrogens with zero attached hydrogens (tertiary/aromatic N) is 2. The van der Waals surface area contributed by atoms with Gasteiger partial charge in [0.25, 0.3) is 0 Å². The van der Waals surface area contributed by atoms with Gasteiger partial charge in [0.1, 0.15) is 0 Å². The fourth-order valence-corrected chi connectivity index (χ4v) is 4.38. The van der Waals surface area contributed by atoms with Crippen molar-refractivity contribution in [1.29, 1.82) is 0 Å². The molecular weight excluding hydrogens is 304 g/mol. The molecular formula is C23H23N2. The van der Waals surface area contributed by atoms with Gasteiger partial charge in [-0.1, -0.05) is 66.7 Å². The lowest BCUT2D eigenvalue weighted by molar-refractivity contribution is 0.136. The third kappa shape index (κ3) is 2.76. The third-order valence-corrected chi connectivity index (χ3v) is 5.66. The Kier molecular flexibility index (Phi) is 3.80. The number of hydrogen-bond acceptors (Lipinski definition) is 2. The van der Waals surface area contributed by atoms with Crippen LogP contribution in [0.25, 0.3) is 10.8 Å². The summed E-state index contributed by atoms with van der Waals surface area (Å²) in [5.74, 6) is 0. The molecule has 2 nitrogen and oxygen atoms in total. The average Bonchev–Trinajstić information content (AvgIpc) is 3.04. The van der Waals surface area contributed by atoms with Crippen molar-refractivity contribution in [1.82, 2.24) is 9.80 Å². The van der Waals surface area contributed by atoms with Crippen molar-refractivity contribution in [2.45, 2.75) is 13.0 Å². The second-order valence-corrected chi connectivity index (χ2v) is 7.19. The molecule has 0 aromatic heterocycles. The summed E-state index contributed by atoms with van der Waals surface area (Å²) in [6.07, 6.45) is 1.09. The van der Waals surface area contributed by atoms with Gasteiger partial charge in [-0.2, -0.15) is 0 Å². The van der Waals surface area contributed by atoms with Gasteiger partial charge in [-0.25, -0.2) is 0 Å². The first kappa shape index (κ1) is 15.1. The van der Waals surface area contributed by atoms with Crippen LogP contribution in [-0.4, -0.2) is 36.0 Å². The summed E-state index contributed by atoms with van der Waals surface area (Å²) in [5, 5.41) is 2.86. The van der Waals surface area contributed by atoms with Gasteiger partial charge in [0.15, 0.2) is 0 Å². The van der Waals surface area contributed by atoms with Crippen molar-refractivity contribution in [3.63, 3.8) is 0 Å². The van der Waals surface area contributed by atoms with E-state index in [0.717, 1.165) is 39.1 Å². The smallest absolute Gasteiger partial charge is 0.0740 e. The lowest BCUT2D eigenvalue weighted by atomic mass is 10.0. The molecule has 25 heavy (non-hydrogen) atoms. The summed E-state index contributed by atoms with van der Waals surface area (Å²) >= 11 is 0.